The molecule has 0 unspecified atom stereocenters. The van der Waals surface area contributed by atoms with Crippen LogP contribution < -0.4 is 0 Å². The molecule has 0 bridgehead atoms. The lowest BCUT2D eigenvalue weighted by Crippen LogP contribution is -1.91. The second kappa shape index (κ2) is 7.96. The van der Waals surface area contributed by atoms with E-state index in [2.05, 4.69) is 34.2 Å². The van der Waals surface area contributed by atoms with Crippen molar-refractivity contribution in [2.45, 2.75) is 19.8 Å². The number of hydrogen-bond donors (Lipinski definition) is 3. The molecule has 0 fully saturated rings. The third-order valence-electron chi connectivity index (χ3n) is 4.00. The Bertz CT molecular complexity index is 1000. The van der Waals surface area contributed by atoms with Crippen molar-refractivity contribution in [2.24, 2.45) is 0 Å². The number of imidazole rings is 1. The molecule has 2 aromatic heterocycles. The van der Waals surface area contributed by atoms with E-state index in [1.165, 1.54) is 32.4 Å². The number of carboxylic acid groups (broad SMARTS) is 2. The van der Waals surface area contributed by atoms with Crippen LogP contribution in [0.4, 0.5) is 0 Å². The Labute approximate surface area is 159 Å². The molecule has 4 rings (SSSR count). The maximum atomic E-state index is 9.55. The van der Waals surface area contributed by atoms with E-state index >= 15 is 0 Å². The van der Waals surface area contributed by atoms with Gasteiger partial charge in [-0.15, -0.1) is 11.3 Å². The molecule has 0 saturated heterocycles. The number of thiazole rings is 1. The van der Waals surface area contributed by atoms with Crippen LogP contribution in [0.25, 0.3) is 11.3 Å². The predicted octanol–water partition coefficient (Wildman–Crippen LogP) is 3.05. The van der Waals surface area contributed by atoms with Crippen molar-refractivity contribution in [2.75, 3.05) is 0 Å². The highest BCUT2D eigenvalue weighted by Crippen LogP contribution is 2.39. The number of aromatic amines is 1. The van der Waals surface area contributed by atoms with Gasteiger partial charge in [0.2, 0.25) is 0 Å². The van der Waals surface area contributed by atoms with Gasteiger partial charge in [0.1, 0.15) is 0 Å². The lowest BCUT2D eigenvalue weighted by Gasteiger charge is -1.98. The van der Waals surface area contributed by atoms with E-state index in [0.29, 0.717) is 12.2 Å². The van der Waals surface area contributed by atoms with E-state index in [-0.39, 0.29) is 0 Å². The van der Waals surface area contributed by atoms with Crippen molar-refractivity contribution in [3.8, 4) is 11.3 Å². The van der Waals surface area contributed by atoms with Gasteiger partial charge in [-0.3, -0.25) is 0 Å². The number of aryl methyl sites for hydroxylation is 1. The second-order valence-corrected chi connectivity index (χ2v) is 7.03. The molecule has 7 nitrogen and oxygen atoms in total. The van der Waals surface area contributed by atoms with Gasteiger partial charge in [-0.1, -0.05) is 24.3 Å². The summed E-state index contributed by atoms with van der Waals surface area (Å²) in [6.07, 6.45) is 4.75. The van der Waals surface area contributed by atoms with Gasteiger partial charge in [-0.25, -0.2) is 19.6 Å². The largest absolute Gasteiger partial charge is 0.478 e. The monoisotopic (exact) mass is 383 g/mol. The number of benzene rings is 1. The van der Waals surface area contributed by atoms with E-state index in [9.17, 15) is 9.59 Å². The first-order valence-corrected chi connectivity index (χ1v) is 8.95. The fourth-order valence-corrected chi connectivity index (χ4v) is 3.86. The number of nitrogens with one attached hydrogen (secondary N) is 1. The maximum absolute atomic E-state index is 9.55. The molecule has 1 aliphatic rings. The molecular formula is C19H17N3O4S. The quantitative estimate of drug-likeness (QED) is 0.467. The van der Waals surface area contributed by atoms with Crippen LogP contribution in [-0.2, 0) is 22.4 Å². The Kier molecular flexibility index (Phi) is 5.46. The van der Waals surface area contributed by atoms with E-state index in [1.807, 2.05) is 18.3 Å². The normalized spacial score (nSPS) is 11.6. The van der Waals surface area contributed by atoms with Crippen LogP contribution in [0.5, 0.6) is 0 Å². The Morgan fingerprint density at radius 2 is 1.93 bits per heavy atom. The van der Waals surface area contributed by atoms with Crippen molar-refractivity contribution in [1.29, 1.82) is 0 Å². The first kappa shape index (κ1) is 18.5. The topological polar surface area (TPSA) is 116 Å². The van der Waals surface area contributed by atoms with Gasteiger partial charge in [0.05, 0.1) is 22.7 Å². The molecular weight excluding hydrogens is 366 g/mol. The van der Waals surface area contributed by atoms with Gasteiger partial charge < -0.3 is 15.2 Å². The second-order valence-electron chi connectivity index (χ2n) is 5.87. The van der Waals surface area contributed by atoms with Crippen LogP contribution in [0.1, 0.15) is 26.8 Å². The van der Waals surface area contributed by atoms with Crippen molar-refractivity contribution in [3.05, 3.63) is 69.6 Å². The third kappa shape index (κ3) is 4.48. The smallest absolute Gasteiger partial charge is 0.328 e. The zero-order valence-electron chi connectivity index (χ0n) is 14.5. The van der Waals surface area contributed by atoms with Crippen LogP contribution in [0.15, 0.2) is 42.7 Å². The van der Waals surface area contributed by atoms with Crippen LogP contribution in [0.3, 0.4) is 0 Å². The number of carboxylic acids is 2. The number of aliphatic carboxylic acids is 2. The number of carbonyl (C=O) groups is 2. The summed E-state index contributed by atoms with van der Waals surface area (Å²) in [6, 6.07) is 8.56. The highest BCUT2D eigenvalue weighted by Gasteiger charge is 2.22. The average molecular weight is 383 g/mol. The van der Waals surface area contributed by atoms with Crippen molar-refractivity contribution in [1.82, 2.24) is 15.0 Å². The minimum Gasteiger partial charge on any atom is -0.478 e. The zero-order valence-corrected chi connectivity index (χ0v) is 15.3. The van der Waals surface area contributed by atoms with Crippen LogP contribution >= 0.6 is 11.3 Å². The Hall–Kier alpha value is -3.26. The van der Waals surface area contributed by atoms with Crippen molar-refractivity contribution in [3.63, 3.8) is 0 Å². The molecule has 27 heavy (non-hydrogen) atoms. The summed E-state index contributed by atoms with van der Waals surface area (Å²) >= 11 is 1.83. The van der Waals surface area contributed by atoms with E-state index in [4.69, 9.17) is 15.2 Å². The lowest BCUT2D eigenvalue weighted by molar-refractivity contribution is -0.134. The van der Waals surface area contributed by atoms with E-state index in [0.717, 1.165) is 18.5 Å². The minimum atomic E-state index is -1.26. The van der Waals surface area contributed by atoms with Gasteiger partial charge in [0.15, 0.2) is 0 Å². The molecule has 0 amide bonds. The molecule has 0 spiro atoms. The predicted molar refractivity (Wildman–Crippen MR) is 101 cm³/mol. The summed E-state index contributed by atoms with van der Waals surface area (Å²) in [5.41, 5.74) is 6.13. The van der Waals surface area contributed by atoms with Gasteiger partial charge in [0, 0.05) is 41.1 Å². The third-order valence-corrected chi connectivity index (χ3v) is 5.05. The number of fused-ring (bicyclic) bond motifs is 3. The summed E-state index contributed by atoms with van der Waals surface area (Å²) < 4.78 is 0. The van der Waals surface area contributed by atoms with Gasteiger partial charge in [-0.2, -0.15) is 0 Å². The first-order valence-electron chi connectivity index (χ1n) is 8.13. The molecule has 0 radical (unpaired) electrons. The lowest BCUT2D eigenvalue weighted by atomic mass is 10.1. The van der Waals surface area contributed by atoms with Crippen molar-refractivity contribution >= 4 is 23.3 Å². The number of nitrogens with zero attached hydrogens (tertiary/aromatic N) is 2. The number of rotatable bonds is 4. The first-order chi connectivity index (χ1) is 12.9. The highest BCUT2D eigenvalue weighted by atomic mass is 32.1. The fraction of sp³-hybridized carbons (Fsp3) is 0.158. The zero-order chi connectivity index (χ0) is 19.4. The summed E-state index contributed by atoms with van der Waals surface area (Å²) in [5, 5.41) is 16.8. The fourth-order valence-electron chi connectivity index (χ4n) is 2.75. The van der Waals surface area contributed by atoms with Gasteiger partial charge in [-0.05, 0) is 12.5 Å². The molecule has 3 N–H and O–H groups in total. The summed E-state index contributed by atoms with van der Waals surface area (Å²) in [6.45, 7) is 2.03. The summed E-state index contributed by atoms with van der Waals surface area (Å²) in [7, 11) is 0. The van der Waals surface area contributed by atoms with Gasteiger partial charge >= 0.3 is 11.9 Å². The Morgan fingerprint density at radius 3 is 2.56 bits per heavy atom. The standard InChI is InChI=1S/C15H13N3S.C4H4O4/c1-9-12(17-8-16-9)7-14-18-15-11-5-3-2-4-10(11)6-13(15)19-14;5-3(6)1-2-4(7)8/h2-5,8H,6-7H2,1H3,(H,16,17);1-2H,(H,5,6)(H,7,8). The van der Waals surface area contributed by atoms with E-state index < -0.39 is 11.9 Å². The SMILES string of the molecule is Cc1nc[nH]c1Cc1nc2c(s1)Cc1ccccc1-2.O=C(O)C=CC(=O)O. The maximum Gasteiger partial charge on any atom is 0.328 e. The number of H-pyrrole nitrogens is 1. The van der Waals surface area contributed by atoms with Crippen LogP contribution in [-0.4, -0.2) is 37.1 Å². The highest BCUT2D eigenvalue weighted by molar-refractivity contribution is 7.12. The molecule has 1 aliphatic carbocycles. The molecule has 1 aromatic carbocycles. The molecule has 0 aliphatic heterocycles. The Balaban J connectivity index is 0.000000226. The molecule has 3 aromatic rings. The molecule has 138 valence electrons. The van der Waals surface area contributed by atoms with Gasteiger partial charge in [0.25, 0.3) is 0 Å². The van der Waals surface area contributed by atoms with E-state index in [1.54, 1.807) is 6.33 Å². The minimum absolute atomic E-state index is 0.558. The molecule has 0 saturated carbocycles. The number of hydrogen-bond acceptors (Lipinski definition) is 5. The molecule has 8 heteroatoms. The molecule has 0 atom stereocenters. The van der Waals surface area contributed by atoms with Crippen LogP contribution in [0, 0.1) is 6.92 Å². The van der Waals surface area contributed by atoms with Crippen molar-refractivity contribution < 1.29 is 19.8 Å². The Morgan fingerprint density at radius 1 is 1.22 bits per heavy atom. The number of aromatic nitrogens is 3. The summed E-state index contributed by atoms with van der Waals surface area (Å²) in [4.78, 5) is 32.7. The summed E-state index contributed by atoms with van der Waals surface area (Å²) in [5.74, 6) is -2.51. The average Bonchev–Trinajstić information content (AvgIpc) is 3.29. The molecule has 2 heterocycles. The van der Waals surface area contributed by atoms with Crippen LogP contribution in [0.2, 0.25) is 0 Å².